The molecule has 0 radical (unpaired) electrons. The van der Waals surface area contributed by atoms with E-state index in [9.17, 15) is 4.79 Å². The van der Waals surface area contributed by atoms with Crippen molar-refractivity contribution in [3.8, 4) is 5.75 Å². The van der Waals surface area contributed by atoms with E-state index >= 15 is 0 Å². The number of benzene rings is 1. The van der Waals surface area contributed by atoms with Gasteiger partial charge in [0, 0.05) is 31.9 Å². The molecule has 1 aliphatic rings. The van der Waals surface area contributed by atoms with Gasteiger partial charge in [0.15, 0.2) is 5.76 Å². The van der Waals surface area contributed by atoms with Gasteiger partial charge in [-0.25, -0.2) is 0 Å². The Labute approximate surface area is 134 Å². The fourth-order valence-corrected chi connectivity index (χ4v) is 2.83. The first-order chi connectivity index (χ1) is 10.7. The Bertz CT molecular complexity index is 649. The maximum Gasteiger partial charge on any atom is 0.289 e. The van der Waals surface area contributed by atoms with Crippen molar-refractivity contribution in [1.82, 2.24) is 4.90 Å². The van der Waals surface area contributed by atoms with Crippen molar-refractivity contribution in [1.29, 1.82) is 0 Å². The van der Waals surface area contributed by atoms with Gasteiger partial charge in [-0.1, -0.05) is 11.6 Å². The lowest BCUT2D eigenvalue weighted by molar-refractivity contribution is 0.0714. The first-order valence-electron chi connectivity index (χ1n) is 7.10. The number of piperazine rings is 1. The maximum absolute atomic E-state index is 12.2. The van der Waals surface area contributed by atoms with E-state index in [-0.39, 0.29) is 5.91 Å². The van der Waals surface area contributed by atoms with Gasteiger partial charge < -0.3 is 19.0 Å². The van der Waals surface area contributed by atoms with Crippen LogP contribution in [0.15, 0.2) is 41.0 Å². The van der Waals surface area contributed by atoms with E-state index < -0.39 is 0 Å². The molecule has 6 heteroatoms. The van der Waals surface area contributed by atoms with Gasteiger partial charge in [0.1, 0.15) is 5.75 Å². The number of anilines is 1. The molecule has 0 atom stereocenters. The van der Waals surface area contributed by atoms with Crippen LogP contribution in [0.5, 0.6) is 5.75 Å². The number of furan rings is 1. The zero-order chi connectivity index (χ0) is 15.5. The molecule has 0 N–H and O–H groups in total. The summed E-state index contributed by atoms with van der Waals surface area (Å²) in [7, 11) is 1.60. The molecular weight excluding hydrogens is 304 g/mol. The SMILES string of the molecule is COc1ccc(N2CCN(C(=O)c3ccco3)CC2)cc1Cl. The predicted molar refractivity (Wildman–Crippen MR) is 84.8 cm³/mol. The summed E-state index contributed by atoms with van der Waals surface area (Å²) in [6, 6.07) is 9.15. The molecule has 2 heterocycles. The van der Waals surface area contributed by atoms with Gasteiger partial charge in [-0.05, 0) is 30.3 Å². The lowest BCUT2D eigenvalue weighted by Gasteiger charge is -2.35. The molecule has 1 aromatic heterocycles. The highest BCUT2D eigenvalue weighted by Gasteiger charge is 2.24. The Kier molecular flexibility index (Phi) is 4.24. The van der Waals surface area contributed by atoms with E-state index in [2.05, 4.69) is 4.90 Å². The first-order valence-corrected chi connectivity index (χ1v) is 7.48. The third-order valence-corrected chi connectivity index (χ3v) is 4.09. The molecular formula is C16H17ClN2O3. The highest BCUT2D eigenvalue weighted by atomic mass is 35.5. The first kappa shape index (κ1) is 14.8. The number of amides is 1. The van der Waals surface area contributed by atoms with Crippen molar-refractivity contribution >= 4 is 23.2 Å². The lowest BCUT2D eigenvalue weighted by Crippen LogP contribution is -2.48. The van der Waals surface area contributed by atoms with Crippen LogP contribution in [-0.2, 0) is 0 Å². The number of nitrogens with zero attached hydrogens (tertiary/aromatic N) is 2. The zero-order valence-electron chi connectivity index (χ0n) is 12.3. The summed E-state index contributed by atoms with van der Waals surface area (Å²) in [4.78, 5) is 16.2. The molecule has 3 rings (SSSR count). The fourth-order valence-electron chi connectivity index (χ4n) is 2.58. The second-order valence-corrected chi connectivity index (χ2v) is 5.48. The van der Waals surface area contributed by atoms with Crippen LogP contribution in [0.4, 0.5) is 5.69 Å². The second-order valence-electron chi connectivity index (χ2n) is 5.08. The molecule has 5 nitrogen and oxygen atoms in total. The molecule has 1 saturated heterocycles. The number of hydrogen-bond acceptors (Lipinski definition) is 4. The van der Waals surface area contributed by atoms with Crippen LogP contribution in [0.3, 0.4) is 0 Å². The van der Waals surface area contributed by atoms with Gasteiger partial charge in [0.2, 0.25) is 0 Å². The van der Waals surface area contributed by atoms with E-state index in [1.54, 1.807) is 24.1 Å². The number of halogens is 1. The number of methoxy groups -OCH3 is 1. The molecule has 1 fully saturated rings. The van der Waals surface area contributed by atoms with E-state index in [0.717, 1.165) is 18.8 Å². The Balaban J connectivity index is 1.64. The Hall–Kier alpha value is -2.14. The summed E-state index contributed by atoms with van der Waals surface area (Å²) in [6.07, 6.45) is 1.52. The van der Waals surface area contributed by atoms with E-state index in [4.69, 9.17) is 20.8 Å². The van der Waals surface area contributed by atoms with Crippen LogP contribution >= 0.6 is 11.6 Å². The zero-order valence-corrected chi connectivity index (χ0v) is 13.0. The number of hydrogen-bond donors (Lipinski definition) is 0. The molecule has 0 unspecified atom stereocenters. The van der Waals surface area contributed by atoms with Crippen molar-refractivity contribution < 1.29 is 13.9 Å². The van der Waals surface area contributed by atoms with Gasteiger partial charge in [-0.3, -0.25) is 4.79 Å². The molecule has 116 valence electrons. The number of ether oxygens (including phenoxy) is 1. The van der Waals surface area contributed by atoms with Crippen LogP contribution in [0.2, 0.25) is 5.02 Å². The average Bonchev–Trinajstić information content (AvgIpc) is 3.09. The lowest BCUT2D eigenvalue weighted by atomic mass is 10.2. The van der Waals surface area contributed by atoms with E-state index in [1.807, 2.05) is 18.2 Å². The summed E-state index contributed by atoms with van der Waals surface area (Å²) in [6.45, 7) is 2.83. The Morgan fingerprint density at radius 3 is 2.59 bits per heavy atom. The Morgan fingerprint density at radius 2 is 2.00 bits per heavy atom. The summed E-state index contributed by atoms with van der Waals surface area (Å²) in [5, 5.41) is 0.592. The standard InChI is InChI=1S/C16H17ClN2O3/c1-21-14-5-4-12(11-13(14)17)18-6-8-19(9-7-18)16(20)15-3-2-10-22-15/h2-5,10-11H,6-9H2,1H3. The van der Waals surface area contributed by atoms with Crippen LogP contribution in [0.1, 0.15) is 10.6 Å². The smallest absolute Gasteiger partial charge is 0.289 e. The van der Waals surface area contributed by atoms with Crippen molar-refractivity contribution in [2.45, 2.75) is 0 Å². The summed E-state index contributed by atoms with van der Waals surface area (Å²) in [5.41, 5.74) is 1.04. The van der Waals surface area contributed by atoms with Crippen molar-refractivity contribution in [3.05, 3.63) is 47.4 Å². The highest BCUT2D eigenvalue weighted by molar-refractivity contribution is 6.32. The highest BCUT2D eigenvalue weighted by Crippen LogP contribution is 2.29. The molecule has 1 amide bonds. The second kappa shape index (κ2) is 6.32. The fraction of sp³-hybridized carbons (Fsp3) is 0.312. The topological polar surface area (TPSA) is 45.9 Å². The minimum absolute atomic E-state index is 0.0580. The molecule has 1 aromatic carbocycles. The molecule has 0 spiro atoms. The van der Waals surface area contributed by atoms with Gasteiger partial charge in [0.05, 0.1) is 18.4 Å². The van der Waals surface area contributed by atoms with Crippen molar-refractivity contribution in [2.75, 3.05) is 38.2 Å². The normalized spacial score (nSPS) is 15.0. The minimum atomic E-state index is -0.0580. The minimum Gasteiger partial charge on any atom is -0.495 e. The molecule has 2 aromatic rings. The van der Waals surface area contributed by atoms with E-state index in [1.165, 1.54) is 6.26 Å². The molecule has 0 saturated carbocycles. The third-order valence-electron chi connectivity index (χ3n) is 3.80. The largest absolute Gasteiger partial charge is 0.495 e. The summed E-state index contributed by atoms with van der Waals surface area (Å²) < 4.78 is 10.3. The quantitative estimate of drug-likeness (QED) is 0.872. The van der Waals surface area contributed by atoms with Gasteiger partial charge in [-0.15, -0.1) is 0 Å². The number of carbonyl (C=O) groups excluding carboxylic acids is 1. The van der Waals surface area contributed by atoms with Crippen LogP contribution in [-0.4, -0.2) is 44.1 Å². The van der Waals surface area contributed by atoms with Gasteiger partial charge in [0.25, 0.3) is 5.91 Å². The Morgan fingerprint density at radius 1 is 1.23 bits per heavy atom. The molecule has 0 aliphatic carbocycles. The summed E-state index contributed by atoms with van der Waals surface area (Å²) >= 11 is 6.17. The van der Waals surface area contributed by atoms with Crippen LogP contribution in [0, 0.1) is 0 Å². The average molecular weight is 321 g/mol. The third kappa shape index (κ3) is 2.90. The molecule has 0 bridgehead atoms. The summed E-state index contributed by atoms with van der Waals surface area (Å²) in [5.74, 6) is 0.996. The monoisotopic (exact) mass is 320 g/mol. The van der Waals surface area contributed by atoms with Gasteiger partial charge in [-0.2, -0.15) is 0 Å². The maximum atomic E-state index is 12.2. The van der Waals surface area contributed by atoms with Gasteiger partial charge >= 0.3 is 0 Å². The number of carbonyl (C=O) groups is 1. The number of rotatable bonds is 3. The van der Waals surface area contributed by atoms with Crippen molar-refractivity contribution in [3.63, 3.8) is 0 Å². The van der Waals surface area contributed by atoms with Crippen LogP contribution < -0.4 is 9.64 Å². The van der Waals surface area contributed by atoms with Crippen molar-refractivity contribution in [2.24, 2.45) is 0 Å². The van der Waals surface area contributed by atoms with Crippen LogP contribution in [0.25, 0.3) is 0 Å². The molecule has 22 heavy (non-hydrogen) atoms. The molecule has 1 aliphatic heterocycles. The van der Waals surface area contributed by atoms with E-state index in [0.29, 0.717) is 29.6 Å². The predicted octanol–water partition coefficient (Wildman–Crippen LogP) is 2.90.